The molecule has 4 rings (SSSR count). The zero-order valence-corrected chi connectivity index (χ0v) is 24.5. The van der Waals surface area contributed by atoms with E-state index in [9.17, 15) is 18.0 Å². The molecule has 1 atom stereocenters. The molecule has 0 aromatic heterocycles. The van der Waals surface area contributed by atoms with Crippen LogP contribution in [0.25, 0.3) is 0 Å². The molecule has 218 valence electrons. The number of rotatable bonds is 11. The standard InChI is InChI=1S/C30H41N3O6S/c1-4-26(30(35)31-24-9-7-6-8-10-24)32(20-23-13-11-22(3)12-14-23)29(34)21-33(40(36,37)5-2)25-15-16-27-28(19-25)39-18-17-38-27/h11-16,19,24,26H,4-10,17-18,20-21H2,1-3H3,(H,31,35)/t26-/m0/s1. The molecule has 1 aliphatic heterocycles. The largest absolute Gasteiger partial charge is 0.486 e. The molecule has 9 nitrogen and oxygen atoms in total. The Morgan fingerprint density at radius 2 is 1.65 bits per heavy atom. The number of ether oxygens (including phenoxy) is 2. The van der Waals surface area contributed by atoms with Gasteiger partial charge < -0.3 is 19.7 Å². The fourth-order valence-corrected chi connectivity index (χ4v) is 6.31. The van der Waals surface area contributed by atoms with Gasteiger partial charge in [0.1, 0.15) is 25.8 Å². The van der Waals surface area contributed by atoms with E-state index in [-0.39, 0.29) is 24.2 Å². The van der Waals surface area contributed by atoms with Crippen LogP contribution in [0.4, 0.5) is 5.69 Å². The van der Waals surface area contributed by atoms with Crippen LogP contribution in [-0.4, -0.2) is 62.7 Å². The van der Waals surface area contributed by atoms with Crippen molar-refractivity contribution < 1.29 is 27.5 Å². The van der Waals surface area contributed by atoms with Gasteiger partial charge in [0, 0.05) is 18.7 Å². The summed E-state index contributed by atoms with van der Waals surface area (Å²) in [4.78, 5) is 29.1. The van der Waals surface area contributed by atoms with Gasteiger partial charge in [-0.05, 0) is 50.8 Å². The van der Waals surface area contributed by atoms with Crippen LogP contribution in [0.3, 0.4) is 0 Å². The number of benzene rings is 2. The van der Waals surface area contributed by atoms with Crippen molar-refractivity contribution in [2.45, 2.75) is 77.9 Å². The van der Waals surface area contributed by atoms with Gasteiger partial charge >= 0.3 is 0 Å². The van der Waals surface area contributed by atoms with Crippen LogP contribution in [0.1, 0.15) is 63.5 Å². The molecule has 2 aromatic rings. The first-order valence-electron chi connectivity index (χ1n) is 14.3. The molecule has 0 radical (unpaired) electrons. The van der Waals surface area contributed by atoms with E-state index >= 15 is 0 Å². The number of hydrogen-bond acceptors (Lipinski definition) is 6. The Labute approximate surface area is 237 Å². The van der Waals surface area contributed by atoms with E-state index in [1.54, 1.807) is 25.1 Å². The summed E-state index contributed by atoms with van der Waals surface area (Å²) in [7, 11) is -3.83. The van der Waals surface area contributed by atoms with Gasteiger partial charge in [0.15, 0.2) is 11.5 Å². The second-order valence-corrected chi connectivity index (χ2v) is 12.7. The Balaban J connectivity index is 1.64. The van der Waals surface area contributed by atoms with Crippen molar-refractivity contribution in [3.05, 3.63) is 53.6 Å². The summed E-state index contributed by atoms with van der Waals surface area (Å²) in [6.45, 7) is 5.93. The quantitative estimate of drug-likeness (QED) is 0.434. The zero-order chi connectivity index (χ0) is 28.7. The fraction of sp³-hybridized carbons (Fsp3) is 0.533. The second kappa shape index (κ2) is 13.4. The molecular formula is C30H41N3O6S. The Morgan fingerprint density at radius 1 is 0.975 bits per heavy atom. The van der Waals surface area contributed by atoms with Crippen LogP contribution < -0.4 is 19.1 Å². The minimum atomic E-state index is -3.83. The molecule has 1 aliphatic carbocycles. The van der Waals surface area contributed by atoms with Gasteiger partial charge in [-0.15, -0.1) is 0 Å². The molecule has 2 amide bonds. The van der Waals surface area contributed by atoms with Crippen LogP contribution in [-0.2, 0) is 26.2 Å². The van der Waals surface area contributed by atoms with Gasteiger partial charge in [0.05, 0.1) is 11.4 Å². The van der Waals surface area contributed by atoms with Crippen molar-refractivity contribution in [2.24, 2.45) is 0 Å². The molecule has 2 aliphatic rings. The third-order valence-electron chi connectivity index (χ3n) is 7.60. The van der Waals surface area contributed by atoms with Crippen molar-refractivity contribution in [1.82, 2.24) is 10.2 Å². The highest BCUT2D eigenvalue weighted by Crippen LogP contribution is 2.35. The SMILES string of the molecule is CC[C@@H](C(=O)NC1CCCCC1)N(Cc1ccc(C)cc1)C(=O)CN(c1ccc2c(c1)OCCO2)S(=O)(=O)CC. The maximum absolute atomic E-state index is 14.0. The maximum Gasteiger partial charge on any atom is 0.244 e. The number of amides is 2. The average molecular weight is 572 g/mol. The third kappa shape index (κ3) is 7.27. The second-order valence-electron chi connectivity index (χ2n) is 10.5. The molecule has 0 saturated heterocycles. The summed E-state index contributed by atoms with van der Waals surface area (Å²) < 4.78 is 38.9. The topological polar surface area (TPSA) is 105 Å². The van der Waals surface area contributed by atoms with Crippen molar-refractivity contribution in [3.63, 3.8) is 0 Å². The number of carbonyl (C=O) groups excluding carboxylic acids is 2. The van der Waals surface area contributed by atoms with Crippen LogP contribution in [0.2, 0.25) is 0 Å². The van der Waals surface area contributed by atoms with Crippen LogP contribution in [0.5, 0.6) is 11.5 Å². The summed E-state index contributed by atoms with van der Waals surface area (Å²) >= 11 is 0. The molecule has 1 heterocycles. The Bertz CT molecular complexity index is 1270. The zero-order valence-electron chi connectivity index (χ0n) is 23.7. The van der Waals surface area contributed by atoms with Crippen LogP contribution >= 0.6 is 0 Å². The van der Waals surface area contributed by atoms with Crippen molar-refractivity contribution in [3.8, 4) is 11.5 Å². The molecule has 0 spiro atoms. The number of nitrogens with zero attached hydrogens (tertiary/aromatic N) is 2. The highest BCUT2D eigenvalue weighted by atomic mass is 32.2. The average Bonchev–Trinajstić information content (AvgIpc) is 2.97. The van der Waals surface area contributed by atoms with E-state index in [0.29, 0.717) is 36.8 Å². The lowest BCUT2D eigenvalue weighted by Gasteiger charge is -2.34. The number of anilines is 1. The minimum absolute atomic E-state index is 0.0984. The highest BCUT2D eigenvalue weighted by Gasteiger charge is 2.33. The van der Waals surface area contributed by atoms with Crippen molar-refractivity contribution in [2.75, 3.05) is 29.8 Å². The van der Waals surface area contributed by atoms with E-state index in [1.165, 1.54) is 11.3 Å². The van der Waals surface area contributed by atoms with E-state index in [2.05, 4.69) is 5.32 Å². The smallest absolute Gasteiger partial charge is 0.244 e. The van der Waals surface area contributed by atoms with Gasteiger partial charge in [0.25, 0.3) is 0 Å². The molecule has 1 N–H and O–H groups in total. The monoisotopic (exact) mass is 571 g/mol. The van der Waals surface area contributed by atoms with Gasteiger partial charge in [-0.1, -0.05) is 56.0 Å². The Hall–Kier alpha value is -3.27. The molecule has 0 bridgehead atoms. The molecule has 40 heavy (non-hydrogen) atoms. The predicted molar refractivity (Wildman–Crippen MR) is 155 cm³/mol. The number of carbonyl (C=O) groups is 2. The number of sulfonamides is 1. The van der Waals surface area contributed by atoms with Crippen LogP contribution in [0, 0.1) is 6.92 Å². The lowest BCUT2D eigenvalue weighted by Crippen LogP contribution is -2.54. The first-order chi connectivity index (χ1) is 19.2. The van der Waals surface area contributed by atoms with Crippen molar-refractivity contribution in [1.29, 1.82) is 0 Å². The van der Waals surface area contributed by atoms with E-state index in [0.717, 1.165) is 41.1 Å². The maximum atomic E-state index is 14.0. The number of nitrogens with one attached hydrogen (secondary N) is 1. The summed E-state index contributed by atoms with van der Waals surface area (Å²) in [6.07, 6.45) is 5.59. The Morgan fingerprint density at radius 3 is 2.30 bits per heavy atom. The molecule has 0 unspecified atom stereocenters. The van der Waals surface area contributed by atoms with Gasteiger partial charge in [0.2, 0.25) is 21.8 Å². The van der Waals surface area contributed by atoms with E-state index in [4.69, 9.17) is 9.47 Å². The summed E-state index contributed by atoms with van der Waals surface area (Å²) in [5, 5.41) is 3.17. The Kier molecular flexibility index (Phi) is 9.95. The number of hydrogen-bond donors (Lipinski definition) is 1. The van der Waals surface area contributed by atoms with Gasteiger partial charge in [-0.3, -0.25) is 13.9 Å². The van der Waals surface area contributed by atoms with Crippen molar-refractivity contribution >= 4 is 27.5 Å². The van der Waals surface area contributed by atoms with E-state index in [1.807, 2.05) is 38.1 Å². The lowest BCUT2D eigenvalue weighted by atomic mass is 9.95. The first kappa shape index (κ1) is 29.7. The lowest BCUT2D eigenvalue weighted by molar-refractivity contribution is -0.140. The number of aryl methyl sites for hydroxylation is 1. The summed E-state index contributed by atoms with van der Waals surface area (Å²) in [6, 6.07) is 12.0. The van der Waals surface area contributed by atoms with Gasteiger partial charge in [-0.25, -0.2) is 8.42 Å². The molecular weight excluding hydrogens is 530 g/mol. The molecule has 1 saturated carbocycles. The molecule has 2 aromatic carbocycles. The van der Waals surface area contributed by atoms with Gasteiger partial charge in [-0.2, -0.15) is 0 Å². The minimum Gasteiger partial charge on any atom is -0.486 e. The molecule has 10 heteroatoms. The number of fused-ring (bicyclic) bond motifs is 1. The third-order valence-corrected chi connectivity index (χ3v) is 9.35. The summed E-state index contributed by atoms with van der Waals surface area (Å²) in [5.74, 6) is 0.132. The van der Waals surface area contributed by atoms with E-state index < -0.39 is 28.5 Å². The van der Waals surface area contributed by atoms with Crippen LogP contribution in [0.15, 0.2) is 42.5 Å². The first-order valence-corrected chi connectivity index (χ1v) is 15.9. The highest BCUT2D eigenvalue weighted by molar-refractivity contribution is 7.92. The normalized spacial score (nSPS) is 16.2. The predicted octanol–water partition coefficient (Wildman–Crippen LogP) is 4.18. The summed E-state index contributed by atoms with van der Waals surface area (Å²) in [5.41, 5.74) is 2.27. The fourth-order valence-electron chi connectivity index (χ4n) is 5.26. The molecule has 1 fully saturated rings.